The molecule has 3 aliphatic rings. The van der Waals surface area contributed by atoms with Crippen molar-refractivity contribution in [2.45, 2.75) is 57.2 Å². The number of amides is 1. The van der Waals surface area contributed by atoms with Crippen LogP contribution in [0.15, 0.2) is 46.9 Å². The SMILES string of the molecule is COc1ccc(CN(C)C)cc1-c1cc(C(C)(C)C)c(O)c2c1C[C@@H]1C[C@@H]3[C@@H](N(C)C)C(O)=C(C(N)=O)C(=O)[C@]3(O)C(O)=C1C2=O. The maximum absolute atomic E-state index is 14.5. The highest BCUT2D eigenvalue weighted by molar-refractivity contribution is 6.25. The van der Waals surface area contributed by atoms with Gasteiger partial charge in [-0.3, -0.25) is 19.3 Å². The number of carbonyl (C=O) groups excluding carboxylic acids is 3. The Morgan fingerprint density at radius 2 is 1.72 bits per heavy atom. The summed E-state index contributed by atoms with van der Waals surface area (Å²) in [5, 5.41) is 46.5. The molecule has 6 N–H and O–H groups in total. The lowest BCUT2D eigenvalue weighted by Gasteiger charge is -2.50. The third kappa shape index (κ3) is 4.88. The molecule has 0 unspecified atom stereocenters. The predicted molar refractivity (Wildman–Crippen MR) is 172 cm³/mol. The summed E-state index contributed by atoms with van der Waals surface area (Å²) < 4.78 is 5.78. The lowest BCUT2D eigenvalue weighted by atomic mass is 9.58. The van der Waals surface area contributed by atoms with Crippen molar-refractivity contribution in [1.29, 1.82) is 0 Å². The van der Waals surface area contributed by atoms with E-state index in [4.69, 9.17) is 10.5 Å². The number of ether oxygens (including phenoxy) is 1. The van der Waals surface area contributed by atoms with Gasteiger partial charge in [0, 0.05) is 29.2 Å². The number of likely N-dealkylation sites (N-methyl/N-ethyl adjacent to an activating group) is 1. The van der Waals surface area contributed by atoms with Gasteiger partial charge in [0.05, 0.1) is 18.7 Å². The maximum atomic E-state index is 14.5. The Kier molecular flexibility index (Phi) is 8.12. The van der Waals surface area contributed by atoms with Crippen molar-refractivity contribution in [3.05, 3.63) is 69.2 Å². The van der Waals surface area contributed by atoms with Crippen molar-refractivity contribution in [3.63, 3.8) is 0 Å². The third-order valence-electron chi connectivity index (χ3n) is 9.58. The summed E-state index contributed by atoms with van der Waals surface area (Å²) in [6, 6.07) is 6.65. The number of fused-ring (bicyclic) bond motifs is 3. The van der Waals surface area contributed by atoms with Crippen LogP contribution in [0.5, 0.6) is 11.5 Å². The molecule has 1 amide bonds. The van der Waals surface area contributed by atoms with Gasteiger partial charge in [-0.1, -0.05) is 26.8 Å². The molecular formula is C35H43N3O8. The molecule has 4 atom stereocenters. The molecule has 46 heavy (non-hydrogen) atoms. The molecule has 0 aromatic heterocycles. The van der Waals surface area contributed by atoms with Crippen molar-refractivity contribution in [1.82, 2.24) is 9.80 Å². The molecule has 11 heteroatoms. The highest BCUT2D eigenvalue weighted by Crippen LogP contribution is 2.54. The van der Waals surface area contributed by atoms with Crippen LogP contribution in [0.4, 0.5) is 0 Å². The number of ketones is 2. The Balaban J connectivity index is 1.81. The van der Waals surface area contributed by atoms with E-state index in [1.807, 2.05) is 64.0 Å². The summed E-state index contributed by atoms with van der Waals surface area (Å²) in [5.74, 6) is -6.22. The molecule has 3 aliphatic carbocycles. The van der Waals surface area contributed by atoms with Gasteiger partial charge < -0.3 is 35.8 Å². The van der Waals surface area contributed by atoms with Crippen LogP contribution in [0.3, 0.4) is 0 Å². The molecule has 2 aromatic rings. The van der Waals surface area contributed by atoms with Gasteiger partial charge in [-0.2, -0.15) is 0 Å². The second kappa shape index (κ2) is 11.3. The van der Waals surface area contributed by atoms with Crippen LogP contribution < -0.4 is 10.5 Å². The van der Waals surface area contributed by atoms with Crippen LogP contribution in [0.25, 0.3) is 11.1 Å². The average Bonchev–Trinajstić information content (AvgIpc) is 2.93. The number of phenolic OH excluding ortho intramolecular Hbond substituents is 1. The zero-order chi connectivity index (χ0) is 34.2. The molecule has 0 saturated heterocycles. The van der Waals surface area contributed by atoms with E-state index < -0.39 is 63.5 Å². The minimum absolute atomic E-state index is 0.00475. The number of rotatable bonds is 6. The minimum Gasteiger partial charge on any atom is -0.510 e. The van der Waals surface area contributed by atoms with E-state index in [1.54, 1.807) is 21.2 Å². The third-order valence-corrected chi connectivity index (χ3v) is 9.58. The van der Waals surface area contributed by atoms with E-state index in [1.165, 1.54) is 4.90 Å². The molecule has 0 fully saturated rings. The summed E-state index contributed by atoms with van der Waals surface area (Å²) in [7, 11) is 8.69. The van der Waals surface area contributed by atoms with Gasteiger partial charge in [0.2, 0.25) is 5.78 Å². The Bertz CT molecular complexity index is 1730. The molecule has 2 aromatic carbocycles. The van der Waals surface area contributed by atoms with Crippen molar-refractivity contribution < 1.29 is 39.5 Å². The molecule has 0 bridgehead atoms. The molecule has 0 spiro atoms. The lowest BCUT2D eigenvalue weighted by Crippen LogP contribution is -2.63. The number of Topliss-reactive ketones (excluding diaryl/α,β-unsaturated/α-hetero) is 2. The van der Waals surface area contributed by atoms with Crippen LogP contribution in [-0.2, 0) is 28.0 Å². The number of aliphatic hydroxyl groups excluding tert-OH is 2. The number of allylic oxidation sites excluding steroid dienone is 1. The van der Waals surface area contributed by atoms with E-state index in [9.17, 15) is 34.8 Å². The van der Waals surface area contributed by atoms with Crippen LogP contribution >= 0.6 is 0 Å². The number of aromatic hydroxyl groups is 1. The van der Waals surface area contributed by atoms with E-state index in [0.717, 1.165) is 11.1 Å². The highest BCUT2D eigenvalue weighted by atomic mass is 16.5. The molecule has 246 valence electrons. The molecule has 0 heterocycles. The minimum atomic E-state index is -2.70. The fraction of sp³-hybridized carbons (Fsp3) is 0.457. The standard InChI is InChI=1S/C35H43N3O8/c1-34(2,3)22-14-18(19-11-16(15-37(4)5)9-10-23(19)46-8)20-12-17-13-21-27(38(6)7)30(41)26(33(36)44)32(43)35(21,45)31(42)24(17)29(40)25(20)28(22)39/h9-11,14,17,21,27,39,41-42,45H,12-13,15H2,1-8H3,(H2,36,44)/t17-,21-,27-,35-/m1/s1. The fourth-order valence-corrected chi connectivity index (χ4v) is 7.56. The number of hydrogen-bond donors (Lipinski definition) is 5. The monoisotopic (exact) mass is 633 g/mol. The largest absolute Gasteiger partial charge is 0.510 e. The van der Waals surface area contributed by atoms with Crippen molar-refractivity contribution >= 4 is 17.5 Å². The Hall–Kier alpha value is -4.19. The maximum Gasteiger partial charge on any atom is 0.255 e. The van der Waals surface area contributed by atoms with E-state index >= 15 is 0 Å². The lowest BCUT2D eigenvalue weighted by molar-refractivity contribution is -0.148. The highest BCUT2D eigenvalue weighted by Gasteiger charge is 2.63. The zero-order valence-corrected chi connectivity index (χ0v) is 27.6. The van der Waals surface area contributed by atoms with Crippen molar-refractivity contribution in [3.8, 4) is 22.6 Å². The molecule has 0 aliphatic heterocycles. The van der Waals surface area contributed by atoms with Gasteiger partial charge in [0.1, 0.15) is 28.6 Å². The van der Waals surface area contributed by atoms with Crippen LogP contribution in [-0.4, -0.2) is 94.6 Å². The van der Waals surface area contributed by atoms with Gasteiger partial charge in [-0.25, -0.2) is 0 Å². The first-order valence-corrected chi connectivity index (χ1v) is 15.2. The molecule has 0 radical (unpaired) electrons. The topological polar surface area (TPSA) is 174 Å². The number of carbonyl (C=O) groups is 3. The summed E-state index contributed by atoms with van der Waals surface area (Å²) >= 11 is 0. The second-order valence-electron chi connectivity index (χ2n) is 14.2. The number of nitrogens with two attached hydrogens (primary N) is 1. The number of hydrogen-bond acceptors (Lipinski definition) is 10. The quantitative estimate of drug-likeness (QED) is 0.297. The smallest absolute Gasteiger partial charge is 0.255 e. The van der Waals surface area contributed by atoms with Gasteiger partial charge in [0.25, 0.3) is 5.91 Å². The van der Waals surface area contributed by atoms with Crippen LogP contribution in [0.2, 0.25) is 0 Å². The summed E-state index contributed by atoms with van der Waals surface area (Å²) in [4.78, 5) is 44.0. The Labute approximate surface area is 268 Å². The summed E-state index contributed by atoms with van der Waals surface area (Å²) in [5.41, 5.74) is 4.54. The van der Waals surface area contributed by atoms with Gasteiger partial charge in [0.15, 0.2) is 11.4 Å². The number of benzene rings is 2. The molecule has 5 rings (SSSR count). The Morgan fingerprint density at radius 1 is 1.07 bits per heavy atom. The van der Waals surface area contributed by atoms with Crippen LogP contribution in [0, 0.1) is 11.8 Å². The van der Waals surface area contributed by atoms with Gasteiger partial charge in [-0.05, 0) is 87.3 Å². The average molecular weight is 634 g/mol. The summed E-state index contributed by atoms with van der Waals surface area (Å²) in [6.07, 6.45) is 0.174. The number of aliphatic hydroxyl groups is 3. The van der Waals surface area contributed by atoms with E-state index in [-0.39, 0.29) is 29.7 Å². The van der Waals surface area contributed by atoms with E-state index in [0.29, 0.717) is 29.0 Å². The first-order valence-electron chi connectivity index (χ1n) is 15.2. The zero-order valence-electron chi connectivity index (χ0n) is 27.6. The predicted octanol–water partition coefficient (Wildman–Crippen LogP) is 3.16. The van der Waals surface area contributed by atoms with Gasteiger partial charge in [-0.15, -0.1) is 0 Å². The summed E-state index contributed by atoms with van der Waals surface area (Å²) in [6.45, 7) is 6.37. The number of primary amides is 1. The van der Waals surface area contributed by atoms with Crippen LogP contribution in [0.1, 0.15) is 54.2 Å². The number of nitrogens with zero attached hydrogens (tertiary/aromatic N) is 2. The second-order valence-corrected chi connectivity index (χ2v) is 14.2. The number of phenols is 1. The normalized spacial score (nSPS) is 24.7. The molecular weight excluding hydrogens is 590 g/mol. The number of methoxy groups -OCH3 is 1. The Morgan fingerprint density at radius 3 is 2.26 bits per heavy atom. The first kappa shape index (κ1) is 33.2. The fourth-order valence-electron chi connectivity index (χ4n) is 7.56. The molecule has 0 saturated carbocycles. The van der Waals surface area contributed by atoms with Crippen molar-refractivity contribution in [2.24, 2.45) is 17.6 Å². The van der Waals surface area contributed by atoms with E-state index in [2.05, 4.69) is 0 Å². The first-order chi connectivity index (χ1) is 21.4. The van der Waals surface area contributed by atoms with Crippen molar-refractivity contribution in [2.75, 3.05) is 35.3 Å². The van der Waals surface area contributed by atoms with Gasteiger partial charge >= 0.3 is 0 Å². The molecule has 11 nitrogen and oxygen atoms in total.